The van der Waals surface area contributed by atoms with Gasteiger partial charge in [-0.3, -0.25) is 0 Å². The number of rotatable bonds is 1. The normalized spacial score (nSPS) is 34.6. The summed E-state index contributed by atoms with van der Waals surface area (Å²) in [5, 5.41) is 0. The second-order valence-electron chi connectivity index (χ2n) is 4.65. The minimum Gasteiger partial charge on any atom is -0.327 e. The fraction of sp³-hybridized carbons (Fsp3) is 0.833. The van der Waals surface area contributed by atoms with Crippen molar-refractivity contribution in [3.05, 3.63) is 11.1 Å². The molecule has 13 heavy (non-hydrogen) atoms. The van der Waals surface area contributed by atoms with Gasteiger partial charge in [0.05, 0.1) is 0 Å². The molecule has 0 radical (unpaired) electrons. The molecule has 0 spiro atoms. The Hall–Kier alpha value is -0.300. The van der Waals surface area contributed by atoms with Gasteiger partial charge in [0.15, 0.2) is 0 Å². The first-order valence-electron chi connectivity index (χ1n) is 5.77. The van der Waals surface area contributed by atoms with Crippen molar-refractivity contribution in [3.8, 4) is 0 Å². The first kappa shape index (κ1) is 9.26. The lowest BCUT2D eigenvalue weighted by atomic mass is 9.73. The average Bonchev–Trinajstić information content (AvgIpc) is 2.13. The van der Waals surface area contributed by atoms with E-state index in [-0.39, 0.29) is 0 Å². The van der Waals surface area contributed by atoms with E-state index in [0.29, 0.717) is 6.04 Å². The zero-order chi connectivity index (χ0) is 9.26. The lowest BCUT2D eigenvalue weighted by Crippen LogP contribution is -2.32. The quantitative estimate of drug-likeness (QED) is 0.615. The summed E-state index contributed by atoms with van der Waals surface area (Å²) in [6.45, 7) is 2.33. The monoisotopic (exact) mass is 179 g/mol. The molecule has 2 aliphatic carbocycles. The van der Waals surface area contributed by atoms with E-state index in [1.807, 2.05) is 0 Å². The predicted octanol–water partition coefficient (Wildman–Crippen LogP) is 3.00. The van der Waals surface area contributed by atoms with Crippen LogP contribution in [-0.2, 0) is 0 Å². The lowest BCUT2D eigenvalue weighted by Gasteiger charge is -2.34. The van der Waals surface area contributed by atoms with Crippen LogP contribution in [0, 0.1) is 5.92 Å². The zero-order valence-electron chi connectivity index (χ0n) is 8.68. The highest BCUT2D eigenvalue weighted by Crippen LogP contribution is 2.39. The van der Waals surface area contributed by atoms with Gasteiger partial charge in [-0.05, 0) is 44.4 Å². The van der Waals surface area contributed by atoms with Gasteiger partial charge in [0, 0.05) is 6.04 Å². The van der Waals surface area contributed by atoms with Gasteiger partial charge in [-0.2, -0.15) is 0 Å². The van der Waals surface area contributed by atoms with Crippen molar-refractivity contribution in [2.75, 3.05) is 0 Å². The summed E-state index contributed by atoms with van der Waals surface area (Å²) in [6.07, 6.45) is 9.42. The maximum atomic E-state index is 5.83. The summed E-state index contributed by atoms with van der Waals surface area (Å²) >= 11 is 0. The highest BCUT2D eigenvalue weighted by molar-refractivity contribution is 5.26. The molecule has 0 aromatic heterocycles. The molecule has 1 unspecified atom stereocenters. The molecule has 1 nitrogen and oxygen atoms in total. The standard InChI is InChI=1S/C12H21N/c1-2-9-5-3-4-6-12(9)10-7-11(13)8-10/h9,11H,2-8,13H2,1H3. The van der Waals surface area contributed by atoms with Gasteiger partial charge in [0.1, 0.15) is 0 Å². The molecule has 2 aliphatic rings. The molecule has 0 aromatic rings. The average molecular weight is 179 g/mol. The fourth-order valence-corrected chi connectivity index (χ4v) is 2.84. The number of hydrogen-bond acceptors (Lipinski definition) is 1. The Kier molecular flexibility index (Phi) is 2.73. The number of nitrogens with two attached hydrogens (primary N) is 1. The van der Waals surface area contributed by atoms with E-state index in [4.69, 9.17) is 5.73 Å². The van der Waals surface area contributed by atoms with Crippen LogP contribution in [-0.4, -0.2) is 6.04 Å². The van der Waals surface area contributed by atoms with Crippen LogP contribution in [0.15, 0.2) is 11.1 Å². The van der Waals surface area contributed by atoms with E-state index in [9.17, 15) is 0 Å². The van der Waals surface area contributed by atoms with Crippen LogP contribution >= 0.6 is 0 Å². The lowest BCUT2D eigenvalue weighted by molar-refractivity contribution is 0.415. The van der Waals surface area contributed by atoms with Gasteiger partial charge < -0.3 is 5.73 Å². The summed E-state index contributed by atoms with van der Waals surface area (Å²) in [4.78, 5) is 0. The van der Waals surface area contributed by atoms with Crippen molar-refractivity contribution in [2.45, 2.75) is 57.9 Å². The summed E-state index contributed by atoms with van der Waals surface area (Å²) in [5.74, 6) is 0.913. The smallest absolute Gasteiger partial charge is 0.0114 e. The third-order valence-corrected chi connectivity index (χ3v) is 3.71. The minimum atomic E-state index is 0.488. The van der Waals surface area contributed by atoms with Crippen LogP contribution < -0.4 is 5.73 Å². The molecule has 2 rings (SSSR count). The van der Waals surface area contributed by atoms with Gasteiger partial charge in [0.25, 0.3) is 0 Å². The zero-order valence-corrected chi connectivity index (χ0v) is 8.68. The molecule has 0 bridgehead atoms. The molecule has 0 aromatic carbocycles. The van der Waals surface area contributed by atoms with Crippen LogP contribution in [0.25, 0.3) is 0 Å². The van der Waals surface area contributed by atoms with E-state index in [1.165, 1.54) is 44.9 Å². The minimum absolute atomic E-state index is 0.488. The van der Waals surface area contributed by atoms with Gasteiger partial charge in [0.2, 0.25) is 0 Å². The molecule has 74 valence electrons. The van der Waals surface area contributed by atoms with E-state index >= 15 is 0 Å². The third-order valence-electron chi connectivity index (χ3n) is 3.71. The Morgan fingerprint density at radius 1 is 1.31 bits per heavy atom. The highest BCUT2D eigenvalue weighted by atomic mass is 14.7. The van der Waals surface area contributed by atoms with Crippen molar-refractivity contribution < 1.29 is 0 Å². The van der Waals surface area contributed by atoms with E-state index < -0.39 is 0 Å². The summed E-state index contributed by atoms with van der Waals surface area (Å²) in [6, 6.07) is 0.488. The largest absolute Gasteiger partial charge is 0.327 e. The maximum absolute atomic E-state index is 5.83. The van der Waals surface area contributed by atoms with Crippen LogP contribution in [0.4, 0.5) is 0 Å². The second-order valence-corrected chi connectivity index (χ2v) is 4.65. The highest BCUT2D eigenvalue weighted by Gasteiger charge is 2.27. The molecule has 0 saturated heterocycles. The van der Waals surface area contributed by atoms with Crippen molar-refractivity contribution in [1.29, 1.82) is 0 Å². The van der Waals surface area contributed by atoms with E-state index in [1.54, 1.807) is 11.1 Å². The second kappa shape index (κ2) is 3.83. The molecule has 1 atom stereocenters. The third kappa shape index (κ3) is 1.80. The summed E-state index contributed by atoms with van der Waals surface area (Å²) < 4.78 is 0. The molecule has 1 heteroatoms. The summed E-state index contributed by atoms with van der Waals surface area (Å²) in [7, 11) is 0. The Labute approximate surface area is 81.4 Å². The first-order valence-corrected chi connectivity index (χ1v) is 5.77. The predicted molar refractivity (Wildman–Crippen MR) is 56.5 cm³/mol. The molecular weight excluding hydrogens is 158 g/mol. The molecule has 0 amide bonds. The van der Waals surface area contributed by atoms with Crippen LogP contribution in [0.1, 0.15) is 51.9 Å². The molecule has 2 saturated carbocycles. The van der Waals surface area contributed by atoms with Crippen LogP contribution in [0.5, 0.6) is 0 Å². The van der Waals surface area contributed by atoms with Gasteiger partial charge in [-0.25, -0.2) is 0 Å². The first-order chi connectivity index (χ1) is 6.31. The number of hydrogen-bond donors (Lipinski definition) is 1. The maximum Gasteiger partial charge on any atom is 0.0114 e. The molecule has 2 fully saturated rings. The molecule has 0 heterocycles. The van der Waals surface area contributed by atoms with Crippen molar-refractivity contribution >= 4 is 0 Å². The Morgan fingerprint density at radius 2 is 2.08 bits per heavy atom. The van der Waals surface area contributed by atoms with Gasteiger partial charge in [-0.1, -0.05) is 24.5 Å². The van der Waals surface area contributed by atoms with E-state index in [0.717, 1.165) is 5.92 Å². The fourth-order valence-electron chi connectivity index (χ4n) is 2.84. The molecule has 0 aliphatic heterocycles. The molecule has 2 N–H and O–H groups in total. The summed E-state index contributed by atoms with van der Waals surface area (Å²) in [5.41, 5.74) is 9.35. The van der Waals surface area contributed by atoms with Crippen molar-refractivity contribution in [1.82, 2.24) is 0 Å². The van der Waals surface area contributed by atoms with Gasteiger partial charge >= 0.3 is 0 Å². The van der Waals surface area contributed by atoms with Gasteiger partial charge in [-0.15, -0.1) is 0 Å². The van der Waals surface area contributed by atoms with E-state index in [2.05, 4.69) is 6.92 Å². The Morgan fingerprint density at radius 3 is 2.69 bits per heavy atom. The van der Waals surface area contributed by atoms with Crippen LogP contribution in [0.3, 0.4) is 0 Å². The number of allylic oxidation sites excluding steroid dienone is 1. The molecular formula is C12H21N. The Bertz CT molecular complexity index is 209. The van der Waals surface area contributed by atoms with Crippen LogP contribution in [0.2, 0.25) is 0 Å². The SMILES string of the molecule is CCC1CCCCC1=C1CC(N)C1. The van der Waals surface area contributed by atoms with Crippen molar-refractivity contribution in [3.63, 3.8) is 0 Å². The Balaban J connectivity index is 2.06. The van der Waals surface area contributed by atoms with Crippen molar-refractivity contribution in [2.24, 2.45) is 11.7 Å². The topological polar surface area (TPSA) is 26.0 Å².